The summed E-state index contributed by atoms with van der Waals surface area (Å²) in [7, 11) is 0. The fourth-order valence-electron chi connectivity index (χ4n) is 1.90. The van der Waals surface area contributed by atoms with Crippen LogP contribution in [0.15, 0.2) is 6.07 Å². The van der Waals surface area contributed by atoms with Crippen molar-refractivity contribution in [1.29, 1.82) is 0 Å². The van der Waals surface area contributed by atoms with E-state index in [1.807, 2.05) is 26.8 Å². The Bertz CT molecular complexity index is 451. The molecule has 2 heterocycles. The third-order valence-electron chi connectivity index (χ3n) is 2.65. The molecule has 0 fully saturated rings. The van der Waals surface area contributed by atoms with Gasteiger partial charge in [-0.2, -0.15) is 0 Å². The molecule has 0 aliphatic carbocycles. The minimum Gasteiger partial charge on any atom is -0.630 e. The Morgan fingerprint density at radius 1 is 1.56 bits per heavy atom. The molecule has 0 atom stereocenters. The lowest BCUT2D eigenvalue weighted by Crippen LogP contribution is -2.69. The zero-order valence-electron chi connectivity index (χ0n) is 10.9. The summed E-state index contributed by atoms with van der Waals surface area (Å²) in [6.45, 7) is 6.76. The molecular formula is C12H18N2O3S. The van der Waals surface area contributed by atoms with Crippen LogP contribution < -0.4 is 5.48 Å². The molecule has 0 bridgehead atoms. The molecule has 0 spiro atoms. The normalized spacial score (nSPS) is 15.4. The fourth-order valence-corrected chi connectivity index (χ4v) is 2.88. The molecule has 2 rings (SSSR count). The standard InChI is InChI=1S/C12H18N2O3S/c1-12(2,3)17-11(15)14-5-4-9-8(7-14)6-10(13-16)18-9/h6H,4-5,7,13H2,1-3H3. The van der Waals surface area contributed by atoms with Gasteiger partial charge in [-0.3, -0.25) is 0 Å². The molecule has 1 amide bonds. The van der Waals surface area contributed by atoms with E-state index >= 15 is 0 Å². The summed E-state index contributed by atoms with van der Waals surface area (Å²) < 4.78 is 5.35. The van der Waals surface area contributed by atoms with E-state index in [0.29, 0.717) is 13.1 Å². The number of thiophene rings is 1. The molecular weight excluding hydrogens is 252 g/mol. The Balaban J connectivity index is 2.05. The molecule has 0 aromatic carbocycles. The van der Waals surface area contributed by atoms with Gasteiger partial charge in [-0.25, -0.2) is 4.79 Å². The summed E-state index contributed by atoms with van der Waals surface area (Å²) in [4.78, 5) is 14.8. The molecule has 0 saturated heterocycles. The Morgan fingerprint density at radius 3 is 2.89 bits per heavy atom. The van der Waals surface area contributed by atoms with Crippen LogP contribution in [0.25, 0.3) is 0 Å². The lowest BCUT2D eigenvalue weighted by Gasteiger charge is -2.29. The Morgan fingerprint density at radius 2 is 2.28 bits per heavy atom. The van der Waals surface area contributed by atoms with Crippen LogP contribution in [0.3, 0.4) is 0 Å². The smallest absolute Gasteiger partial charge is 0.410 e. The average Bonchev–Trinajstić information content (AvgIpc) is 2.68. The van der Waals surface area contributed by atoms with E-state index in [9.17, 15) is 10.0 Å². The third kappa shape index (κ3) is 3.01. The van der Waals surface area contributed by atoms with Crippen molar-refractivity contribution in [2.24, 2.45) is 0 Å². The van der Waals surface area contributed by atoms with Crippen molar-refractivity contribution in [2.75, 3.05) is 6.54 Å². The first-order valence-electron chi connectivity index (χ1n) is 5.94. The van der Waals surface area contributed by atoms with Gasteiger partial charge in [0.1, 0.15) is 5.60 Å². The summed E-state index contributed by atoms with van der Waals surface area (Å²) in [5, 5.41) is 11.5. The molecule has 6 heteroatoms. The topological polar surface area (TPSA) is 69.2 Å². The highest BCUT2D eigenvalue weighted by molar-refractivity contribution is 7.15. The lowest BCUT2D eigenvalue weighted by molar-refractivity contribution is -0.492. The van der Waals surface area contributed by atoms with Gasteiger partial charge in [0.25, 0.3) is 0 Å². The summed E-state index contributed by atoms with van der Waals surface area (Å²) >= 11 is 1.52. The first-order valence-corrected chi connectivity index (χ1v) is 6.75. The van der Waals surface area contributed by atoms with Crippen LogP contribution in [0.4, 0.5) is 9.80 Å². The van der Waals surface area contributed by atoms with Gasteiger partial charge in [0.05, 0.1) is 6.54 Å². The van der Waals surface area contributed by atoms with Crippen molar-refractivity contribution < 1.29 is 15.0 Å². The minimum absolute atomic E-state index is 0.285. The van der Waals surface area contributed by atoms with Gasteiger partial charge in [0.2, 0.25) is 0 Å². The molecule has 5 nitrogen and oxygen atoms in total. The molecule has 1 aromatic heterocycles. The fraction of sp³-hybridized carbons (Fsp3) is 0.583. The summed E-state index contributed by atoms with van der Waals surface area (Å²) in [5.74, 6) is 0. The van der Waals surface area contributed by atoms with Crippen molar-refractivity contribution in [3.63, 3.8) is 0 Å². The maximum atomic E-state index is 11.9. The van der Waals surface area contributed by atoms with Crippen LogP contribution in [0.5, 0.6) is 0 Å². The van der Waals surface area contributed by atoms with E-state index in [-0.39, 0.29) is 6.09 Å². The minimum atomic E-state index is -0.472. The number of hydrogen-bond donors (Lipinski definition) is 1. The van der Waals surface area contributed by atoms with E-state index < -0.39 is 5.60 Å². The molecule has 0 unspecified atom stereocenters. The van der Waals surface area contributed by atoms with Crippen LogP contribution in [-0.4, -0.2) is 23.1 Å². The molecule has 100 valence electrons. The molecule has 1 aromatic rings. The monoisotopic (exact) mass is 270 g/mol. The third-order valence-corrected chi connectivity index (χ3v) is 3.82. The number of fused-ring (bicyclic) bond motifs is 1. The largest absolute Gasteiger partial charge is 0.630 e. The van der Waals surface area contributed by atoms with Crippen LogP contribution in [-0.2, 0) is 17.7 Å². The Hall–Kier alpha value is -1.11. The SMILES string of the molecule is CC(C)(C)OC(=O)N1CCc2sc([NH2+][O-])cc2C1. The van der Waals surface area contributed by atoms with Gasteiger partial charge < -0.3 is 20.3 Å². The van der Waals surface area contributed by atoms with Gasteiger partial charge in [0, 0.05) is 23.9 Å². The van der Waals surface area contributed by atoms with E-state index in [1.165, 1.54) is 16.2 Å². The predicted octanol–water partition coefficient (Wildman–Crippen LogP) is 1.73. The zero-order chi connectivity index (χ0) is 13.3. The summed E-state index contributed by atoms with van der Waals surface area (Å²) in [5.41, 5.74) is 1.46. The van der Waals surface area contributed by atoms with E-state index in [1.54, 1.807) is 4.90 Å². The highest BCUT2D eigenvalue weighted by Gasteiger charge is 2.27. The predicted molar refractivity (Wildman–Crippen MR) is 69.6 cm³/mol. The number of nitrogens with two attached hydrogens (primary N) is 1. The number of carbonyl (C=O) groups is 1. The second-order valence-electron chi connectivity index (χ2n) is 5.37. The number of carbonyl (C=O) groups excluding carboxylic acids is 1. The maximum Gasteiger partial charge on any atom is 0.410 e. The number of rotatable bonds is 1. The highest BCUT2D eigenvalue weighted by Crippen LogP contribution is 2.29. The van der Waals surface area contributed by atoms with Crippen LogP contribution in [0.1, 0.15) is 31.2 Å². The quantitative estimate of drug-likeness (QED) is 0.790. The number of ether oxygens (including phenoxy) is 1. The number of amides is 1. The summed E-state index contributed by atoms with van der Waals surface area (Å²) in [6.07, 6.45) is 0.514. The van der Waals surface area contributed by atoms with Gasteiger partial charge in [0.15, 0.2) is 5.00 Å². The van der Waals surface area contributed by atoms with Crippen molar-refractivity contribution >= 4 is 22.4 Å². The van der Waals surface area contributed by atoms with Crippen molar-refractivity contribution in [1.82, 2.24) is 4.90 Å². The molecule has 0 radical (unpaired) electrons. The van der Waals surface area contributed by atoms with E-state index in [0.717, 1.165) is 22.5 Å². The van der Waals surface area contributed by atoms with Crippen molar-refractivity contribution in [3.8, 4) is 0 Å². The van der Waals surface area contributed by atoms with Gasteiger partial charge in [-0.1, -0.05) is 11.3 Å². The number of nitrogens with zero attached hydrogens (tertiary/aromatic N) is 1. The van der Waals surface area contributed by atoms with Crippen molar-refractivity contribution in [2.45, 2.75) is 39.3 Å². The molecule has 1 aliphatic rings. The molecule has 0 saturated carbocycles. The van der Waals surface area contributed by atoms with Crippen LogP contribution in [0.2, 0.25) is 0 Å². The van der Waals surface area contributed by atoms with Crippen LogP contribution in [0, 0.1) is 5.21 Å². The lowest BCUT2D eigenvalue weighted by atomic mass is 10.1. The van der Waals surface area contributed by atoms with Gasteiger partial charge in [-0.05, 0) is 26.3 Å². The highest BCUT2D eigenvalue weighted by atomic mass is 32.1. The molecule has 1 aliphatic heterocycles. The van der Waals surface area contributed by atoms with Crippen molar-refractivity contribution in [3.05, 3.63) is 21.7 Å². The first kappa shape index (κ1) is 13.3. The zero-order valence-corrected chi connectivity index (χ0v) is 11.7. The van der Waals surface area contributed by atoms with Gasteiger partial charge in [-0.15, -0.1) is 0 Å². The summed E-state index contributed by atoms with van der Waals surface area (Å²) in [6, 6.07) is 1.86. The molecule has 2 N–H and O–H groups in total. The average molecular weight is 270 g/mol. The molecule has 18 heavy (non-hydrogen) atoms. The number of hydrogen-bond acceptors (Lipinski definition) is 4. The second kappa shape index (κ2) is 4.87. The van der Waals surface area contributed by atoms with E-state index in [2.05, 4.69) is 0 Å². The van der Waals surface area contributed by atoms with Crippen LogP contribution >= 0.6 is 11.3 Å². The van der Waals surface area contributed by atoms with Gasteiger partial charge >= 0.3 is 6.09 Å². The van der Waals surface area contributed by atoms with E-state index in [4.69, 9.17) is 4.74 Å². The Labute approximate surface area is 110 Å². The second-order valence-corrected chi connectivity index (χ2v) is 6.54. The maximum absolute atomic E-state index is 11.9. The number of quaternary nitrogens is 1. The first-order chi connectivity index (χ1) is 8.39. The Kier molecular flexibility index (Phi) is 3.61.